The summed E-state index contributed by atoms with van der Waals surface area (Å²) in [4.78, 5) is 10.6. The van der Waals surface area contributed by atoms with Gasteiger partial charge < -0.3 is 10.4 Å². The Kier molecular flexibility index (Phi) is 5.49. The number of benzene rings is 1. The minimum atomic E-state index is -0.779. The highest BCUT2D eigenvalue weighted by Crippen LogP contribution is 2.39. The third kappa shape index (κ3) is 4.25. The van der Waals surface area contributed by atoms with E-state index in [4.69, 9.17) is 5.11 Å². The highest BCUT2D eigenvalue weighted by molar-refractivity contribution is 8.00. The van der Waals surface area contributed by atoms with Crippen LogP contribution in [-0.2, 0) is 17.8 Å². The lowest BCUT2D eigenvalue weighted by atomic mass is 10.1. The van der Waals surface area contributed by atoms with Crippen LogP contribution in [0.1, 0.15) is 36.8 Å². The average Bonchev–Trinajstić information content (AvgIpc) is 2.90. The predicted molar refractivity (Wildman–Crippen MR) is 84.2 cm³/mol. The van der Waals surface area contributed by atoms with Crippen LogP contribution in [-0.4, -0.2) is 28.6 Å². The summed E-state index contributed by atoms with van der Waals surface area (Å²) in [6.07, 6.45) is 7.66. The van der Waals surface area contributed by atoms with Crippen LogP contribution in [0.15, 0.2) is 24.3 Å². The van der Waals surface area contributed by atoms with Gasteiger partial charge in [-0.15, -0.1) is 0 Å². The molecule has 1 fully saturated rings. The lowest BCUT2D eigenvalue weighted by Crippen LogP contribution is -2.34. The number of hydrogen-bond acceptors (Lipinski definition) is 3. The molecular weight excluding hydrogens is 270 g/mol. The van der Waals surface area contributed by atoms with Crippen molar-refractivity contribution in [1.82, 2.24) is 5.32 Å². The molecule has 0 radical (unpaired) electrons. The molecule has 0 unspecified atom stereocenters. The summed E-state index contributed by atoms with van der Waals surface area (Å²) in [6, 6.07) is 7.85. The lowest BCUT2D eigenvalue weighted by Gasteiger charge is -2.27. The third-order valence-electron chi connectivity index (χ3n) is 4.10. The summed E-state index contributed by atoms with van der Waals surface area (Å²) in [5.41, 5.74) is 2.08. The maximum atomic E-state index is 10.6. The van der Waals surface area contributed by atoms with Gasteiger partial charge in [-0.1, -0.05) is 37.1 Å². The van der Waals surface area contributed by atoms with Gasteiger partial charge in [-0.05, 0) is 30.2 Å². The van der Waals surface area contributed by atoms with E-state index >= 15 is 0 Å². The van der Waals surface area contributed by atoms with E-state index < -0.39 is 5.97 Å². The van der Waals surface area contributed by atoms with E-state index in [0.717, 1.165) is 18.7 Å². The third-order valence-corrected chi connectivity index (χ3v) is 5.52. The number of nitrogens with one attached hydrogen (secondary N) is 1. The summed E-state index contributed by atoms with van der Waals surface area (Å²) >= 11 is 2.00. The van der Waals surface area contributed by atoms with E-state index in [2.05, 4.69) is 11.6 Å². The zero-order valence-corrected chi connectivity index (χ0v) is 12.8. The first-order chi connectivity index (χ1) is 9.63. The molecule has 0 heterocycles. The van der Waals surface area contributed by atoms with Crippen LogP contribution < -0.4 is 5.32 Å². The average molecular weight is 293 g/mol. The predicted octanol–water partition coefficient (Wildman–Crippen LogP) is 3.08. The van der Waals surface area contributed by atoms with Crippen molar-refractivity contribution in [3.63, 3.8) is 0 Å². The van der Waals surface area contributed by atoms with Gasteiger partial charge in [0, 0.05) is 17.8 Å². The molecule has 0 saturated heterocycles. The van der Waals surface area contributed by atoms with Gasteiger partial charge in [-0.2, -0.15) is 11.8 Å². The molecule has 4 heteroatoms. The fourth-order valence-electron chi connectivity index (χ4n) is 2.86. The molecule has 110 valence electrons. The second-order valence-corrected chi connectivity index (χ2v) is 6.86. The molecule has 0 spiro atoms. The highest BCUT2D eigenvalue weighted by atomic mass is 32.2. The fraction of sp³-hybridized carbons (Fsp3) is 0.562. The van der Waals surface area contributed by atoms with E-state index in [0.29, 0.717) is 4.75 Å². The van der Waals surface area contributed by atoms with Crippen molar-refractivity contribution in [3.05, 3.63) is 35.4 Å². The van der Waals surface area contributed by atoms with E-state index in [9.17, 15) is 4.79 Å². The molecule has 1 aromatic carbocycles. The standard InChI is InChI=1S/C16H23NO2S/c1-20-16(8-2-3-9-16)12-17-11-14-6-4-13(5-7-14)10-15(18)19/h4-7,17H,2-3,8-12H2,1H3,(H,18,19). The topological polar surface area (TPSA) is 49.3 Å². The Morgan fingerprint density at radius 3 is 2.40 bits per heavy atom. The number of thioether (sulfide) groups is 1. The fourth-order valence-corrected chi connectivity index (χ4v) is 3.80. The highest BCUT2D eigenvalue weighted by Gasteiger charge is 2.32. The molecule has 20 heavy (non-hydrogen) atoms. The van der Waals surface area contributed by atoms with Gasteiger partial charge in [0.05, 0.1) is 6.42 Å². The van der Waals surface area contributed by atoms with Gasteiger partial charge in [0.15, 0.2) is 0 Å². The van der Waals surface area contributed by atoms with E-state index in [1.165, 1.54) is 31.2 Å². The van der Waals surface area contributed by atoms with Crippen LogP contribution in [0, 0.1) is 0 Å². The Morgan fingerprint density at radius 2 is 1.85 bits per heavy atom. The second kappa shape index (κ2) is 7.14. The van der Waals surface area contributed by atoms with Crippen molar-refractivity contribution in [3.8, 4) is 0 Å². The lowest BCUT2D eigenvalue weighted by molar-refractivity contribution is -0.136. The van der Waals surface area contributed by atoms with E-state index in [1.807, 2.05) is 36.0 Å². The van der Waals surface area contributed by atoms with Crippen LogP contribution in [0.3, 0.4) is 0 Å². The quantitative estimate of drug-likeness (QED) is 0.811. The smallest absolute Gasteiger partial charge is 0.307 e. The minimum absolute atomic E-state index is 0.100. The monoisotopic (exact) mass is 293 g/mol. The SMILES string of the molecule is CSC1(CNCc2ccc(CC(=O)O)cc2)CCCC1. The zero-order valence-electron chi connectivity index (χ0n) is 12.0. The molecule has 1 aliphatic rings. The Balaban J connectivity index is 1.80. The molecule has 3 nitrogen and oxygen atoms in total. The maximum Gasteiger partial charge on any atom is 0.307 e. The molecule has 1 saturated carbocycles. The van der Waals surface area contributed by atoms with Gasteiger partial charge in [-0.25, -0.2) is 0 Å². The number of carboxylic acids is 1. The van der Waals surface area contributed by atoms with Crippen LogP contribution in [0.4, 0.5) is 0 Å². The molecule has 1 aliphatic carbocycles. The largest absolute Gasteiger partial charge is 0.481 e. The first-order valence-corrected chi connectivity index (χ1v) is 8.41. The van der Waals surface area contributed by atoms with E-state index in [1.54, 1.807) is 0 Å². The molecule has 1 aromatic rings. The molecular formula is C16H23NO2S. The van der Waals surface area contributed by atoms with E-state index in [-0.39, 0.29) is 6.42 Å². The number of carbonyl (C=O) groups is 1. The first-order valence-electron chi connectivity index (χ1n) is 7.19. The van der Waals surface area contributed by atoms with Crippen molar-refractivity contribution in [2.24, 2.45) is 0 Å². The molecule has 2 rings (SSSR count). The van der Waals surface area contributed by atoms with Gasteiger partial charge in [0.25, 0.3) is 0 Å². The minimum Gasteiger partial charge on any atom is -0.481 e. The number of rotatable bonds is 7. The summed E-state index contributed by atoms with van der Waals surface area (Å²) in [6.45, 7) is 1.92. The molecule has 2 N–H and O–H groups in total. The van der Waals surface area contributed by atoms with Crippen molar-refractivity contribution in [2.45, 2.75) is 43.4 Å². The second-order valence-electron chi connectivity index (χ2n) is 5.58. The molecule has 0 atom stereocenters. The summed E-state index contributed by atoms with van der Waals surface area (Å²) in [5, 5.41) is 12.3. The molecule has 0 aliphatic heterocycles. The summed E-state index contributed by atoms with van der Waals surface area (Å²) in [5.74, 6) is -0.779. The molecule has 0 aromatic heterocycles. The zero-order chi connectivity index (χ0) is 14.4. The Morgan fingerprint density at radius 1 is 1.25 bits per heavy atom. The van der Waals surface area contributed by atoms with Gasteiger partial charge in [-0.3, -0.25) is 4.79 Å². The van der Waals surface area contributed by atoms with Crippen molar-refractivity contribution in [1.29, 1.82) is 0 Å². The number of aliphatic carboxylic acids is 1. The Labute approximate surface area is 125 Å². The van der Waals surface area contributed by atoms with Crippen molar-refractivity contribution < 1.29 is 9.90 Å². The van der Waals surface area contributed by atoms with Crippen molar-refractivity contribution in [2.75, 3.05) is 12.8 Å². The number of carboxylic acid groups (broad SMARTS) is 1. The molecule has 0 bridgehead atoms. The van der Waals surface area contributed by atoms with Crippen LogP contribution in [0.5, 0.6) is 0 Å². The van der Waals surface area contributed by atoms with Gasteiger partial charge >= 0.3 is 5.97 Å². The first kappa shape index (κ1) is 15.4. The van der Waals surface area contributed by atoms with Crippen LogP contribution >= 0.6 is 11.8 Å². The van der Waals surface area contributed by atoms with Crippen molar-refractivity contribution >= 4 is 17.7 Å². The Hall–Kier alpha value is -1.00. The maximum absolute atomic E-state index is 10.6. The summed E-state index contributed by atoms with van der Waals surface area (Å²) in [7, 11) is 0. The summed E-state index contributed by atoms with van der Waals surface area (Å²) < 4.78 is 0.434. The normalized spacial score (nSPS) is 17.2. The number of hydrogen-bond donors (Lipinski definition) is 2. The van der Waals surface area contributed by atoms with Crippen LogP contribution in [0.25, 0.3) is 0 Å². The molecule has 0 amide bonds. The van der Waals surface area contributed by atoms with Gasteiger partial charge in [0.2, 0.25) is 0 Å². The van der Waals surface area contributed by atoms with Crippen LogP contribution in [0.2, 0.25) is 0 Å². The van der Waals surface area contributed by atoms with Gasteiger partial charge in [0.1, 0.15) is 0 Å². The Bertz CT molecular complexity index is 438.